The van der Waals surface area contributed by atoms with Crippen molar-refractivity contribution in [2.75, 3.05) is 6.61 Å². The van der Waals surface area contributed by atoms with Crippen molar-refractivity contribution in [3.05, 3.63) is 35.9 Å². The van der Waals surface area contributed by atoms with Crippen molar-refractivity contribution in [2.45, 2.75) is 18.9 Å². The Morgan fingerprint density at radius 1 is 1.27 bits per heavy atom. The van der Waals surface area contributed by atoms with Gasteiger partial charge in [0.15, 0.2) is 0 Å². The van der Waals surface area contributed by atoms with Crippen molar-refractivity contribution >= 4 is 0 Å². The van der Waals surface area contributed by atoms with E-state index in [1.54, 1.807) is 0 Å². The van der Waals surface area contributed by atoms with E-state index in [4.69, 9.17) is 4.74 Å². The topological polar surface area (TPSA) is 9.23 Å². The van der Waals surface area contributed by atoms with Crippen LogP contribution in [0.4, 0.5) is 0 Å². The molecule has 0 amide bonds. The van der Waals surface area contributed by atoms with Gasteiger partial charge >= 0.3 is 0 Å². The van der Waals surface area contributed by atoms with E-state index in [0.29, 0.717) is 6.10 Å². The SMILES string of the molecule is c1ccc(CC2CCO2)cc1. The molecule has 1 saturated heterocycles. The minimum absolute atomic E-state index is 0.498. The lowest BCUT2D eigenvalue weighted by atomic mass is 10.0. The fraction of sp³-hybridized carbons (Fsp3) is 0.400. The summed E-state index contributed by atoms with van der Waals surface area (Å²) in [5, 5.41) is 0. The summed E-state index contributed by atoms with van der Waals surface area (Å²) in [7, 11) is 0. The average molecular weight is 148 g/mol. The van der Waals surface area contributed by atoms with Crippen molar-refractivity contribution in [2.24, 2.45) is 0 Å². The molecule has 1 fully saturated rings. The van der Waals surface area contributed by atoms with E-state index in [2.05, 4.69) is 24.3 Å². The predicted molar refractivity (Wildman–Crippen MR) is 44.5 cm³/mol. The molecule has 58 valence electrons. The van der Waals surface area contributed by atoms with Gasteiger partial charge in [-0.2, -0.15) is 0 Å². The van der Waals surface area contributed by atoms with Crippen LogP contribution in [0.3, 0.4) is 0 Å². The Kier molecular flexibility index (Phi) is 1.91. The second-order valence-corrected chi connectivity index (χ2v) is 2.97. The molecule has 1 atom stereocenters. The predicted octanol–water partition coefficient (Wildman–Crippen LogP) is 2.02. The van der Waals surface area contributed by atoms with Crippen LogP contribution in [0.2, 0.25) is 0 Å². The molecule has 1 heteroatoms. The maximum Gasteiger partial charge on any atom is 0.0637 e. The average Bonchev–Trinajstić information content (AvgIpc) is 1.99. The van der Waals surface area contributed by atoms with Crippen molar-refractivity contribution in [1.82, 2.24) is 0 Å². The molecule has 0 bridgehead atoms. The molecule has 11 heavy (non-hydrogen) atoms. The van der Waals surface area contributed by atoms with Gasteiger partial charge in [-0.1, -0.05) is 30.3 Å². The first kappa shape index (κ1) is 6.86. The standard InChI is InChI=1S/C10H12O/c1-2-4-9(5-3-1)8-10-6-7-11-10/h1-5,10H,6-8H2. The monoisotopic (exact) mass is 148 g/mol. The van der Waals surface area contributed by atoms with Crippen LogP contribution in [0.25, 0.3) is 0 Å². The normalized spacial score (nSPS) is 22.7. The van der Waals surface area contributed by atoms with Gasteiger partial charge in [0, 0.05) is 6.61 Å². The summed E-state index contributed by atoms with van der Waals surface area (Å²) < 4.78 is 5.33. The Bertz CT molecular complexity index is 214. The van der Waals surface area contributed by atoms with E-state index >= 15 is 0 Å². The van der Waals surface area contributed by atoms with Gasteiger partial charge in [0.2, 0.25) is 0 Å². The molecular formula is C10H12O. The molecule has 0 aliphatic carbocycles. The largest absolute Gasteiger partial charge is 0.378 e. The first-order chi connectivity index (χ1) is 5.45. The van der Waals surface area contributed by atoms with Gasteiger partial charge in [0.1, 0.15) is 0 Å². The zero-order chi connectivity index (χ0) is 7.52. The van der Waals surface area contributed by atoms with E-state index in [-0.39, 0.29) is 0 Å². The third-order valence-electron chi connectivity index (χ3n) is 2.10. The van der Waals surface area contributed by atoms with E-state index < -0.39 is 0 Å². The van der Waals surface area contributed by atoms with Gasteiger partial charge in [-0.15, -0.1) is 0 Å². The zero-order valence-electron chi connectivity index (χ0n) is 6.49. The highest BCUT2D eigenvalue weighted by Crippen LogP contribution is 2.16. The third-order valence-corrected chi connectivity index (χ3v) is 2.10. The number of benzene rings is 1. The minimum atomic E-state index is 0.498. The van der Waals surface area contributed by atoms with Crippen molar-refractivity contribution in [3.8, 4) is 0 Å². The van der Waals surface area contributed by atoms with E-state index in [0.717, 1.165) is 13.0 Å². The highest BCUT2D eigenvalue weighted by Gasteiger charge is 2.17. The Morgan fingerprint density at radius 2 is 2.00 bits per heavy atom. The van der Waals surface area contributed by atoms with E-state index in [9.17, 15) is 0 Å². The first-order valence-electron chi connectivity index (χ1n) is 4.11. The molecule has 1 heterocycles. The Labute approximate surface area is 67.0 Å². The number of ether oxygens (including phenoxy) is 1. The molecule has 1 unspecified atom stereocenters. The van der Waals surface area contributed by atoms with Crippen LogP contribution in [-0.2, 0) is 11.2 Å². The second kappa shape index (κ2) is 3.05. The van der Waals surface area contributed by atoms with E-state index in [1.165, 1.54) is 12.0 Å². The summed E-state index contributed by atoms with van der Waals surface area (Å²) in [6.45, 7) is 0.956. The molecule has 1 aliphatic rings. The van der Waals surface area contributed by atoms with Gasteiger partial charge in [-0.25, -0.2) is 0 Å². The first-order valence-corrected chi connectivity index (χ1v) is 4.11. The van der Waals surface area contributed by atoms with Crippen LogP contribution in [-0.4, -0.2) is 12.7 Å². The summed E-state index contributed by atoms with van der Waals surface area (Å²) in [6, 6.07) is 10.5. The molecule has 0 radical (unpaired) electrons. The minimum Gasteiger partial charge on any atom is -0.378 e. The molecule has 1 aromatic rings. The molecule has 0 aromatic heterocycles. The van der Waals surface area contributed by atoms with Crippen molar-refractivity contribution in [3.63, 3.8) is 0 Å². The van der Waals surface area contributed by atoms with Gasteiger partial charge in [-0.05, 0) is 18.4 Å². The maximum atomic E-state index is 5.33. The fourth-order valence-corrected chi connectivity index (χ4v) is 1.32. The van der Waals surface area contributed by atoms with Crippen molar-refractivity contribution < 1.29 is 4.74 Å². The summed E-state index contributed by atoms with van der Waals surface area (Å²) >= 11 is 0. The Balaban J connectivity index is 1.95. The molecule has 1 nitrogen and oxygen atoms in total. The van der Waals surface area contributed by atoms with Crippen molar-refractivity contribution in [1.29, 1.82) is 0 Å². The van der Waals surface area contributed by atoms with E-state index in [1.807, 2.05) is 6.07 Å². The summed E-state index contributed by atoms with van der Waals surface area (Å²) in [5.41, 5.74) is 1.39. The number of hydrogen-bond donors (Lipinski definition) is 0. The zero-order valence-corrected chi connectivity index (χ0v) is 6.49. The maximum absolute atomic E-state index is 5.33. The lowest BCUT2D eigenvalue weighted by Gasteiger charge is -2.26. The summed E-state index contributed by atoms with van der Waals surface area (Å²) in [6.07, 6.45) is 2.81. The molecule has 0 saturated carbocycles. The third kappa shape index (κ3) is 1.60. The summed E-state index contributed by atoms with van der Waals surface area (Å²) in [5.74, 6) is 0. The number of rotatable bonds is 2. The Hall–Kier alpha value is -0.820. The molecule has 1 aliphatic heterocycles. The summed E-state index contributed by atoms with van der Waals surface area (Å²) in [4.78, 5) is 0. The lowest BCUT2D eigenvalue weighted by molar-refractivity contribution is -0.0491. The lowest BCUT2D eigenvalue weighted by Crippen LogP contribution is -2.28. The van der Waals surface area contributed by atoms with Crippen LogP contribution >= 0.6 is 0 Å². The Morgan fingerprint density at radius 3 is 2.55 bits per heavy atom. The van der Waals surface area contributed by atoms with Crippen LogP contribution in [0.5, 0.6) is 0 Å². The molecule has 0 spiro atoms. The fourth-order valence-electron chi connectivity index (χ4n) is 1.32. The van der Waals surface area contributed by atoms with Gasteiger partial charge in [0.25, 0.3) is 0 Å². The van der Waals surface area contributed by atoms with Gasteiger partial charge in [0.05, 0.1) is 6.10 Å². The number of hydrogen-bond acceptors (Lipinski definition) is 1. The quantitative estimate of drug-likeness (QED) is 0.623. The molecular weight excluding hydrogens is 136 g/mol. The highest BCUT2D eigenvalue weighted by molar-refractivity contribution is 5.15. The molecule has 0 N–H and O–H groups in total. The van der Waals surface area contributed by atoms with Gasteiger partial charge in [-0.3, -0.25) is 0 Å². The van der Waals surface area contributed by atoms with Crippen LogP contribution < -0.4 is 0 Å². The van der Waals surface area contributed by atoms with Crippen LogP contribution in [0.1, 0.15) is 12.0 Å². The molecule has 2 rings (SSSR count). The van der Waals surface area contributed by atoms with Gasteiger partial charge < -0.3 is 4.74 Å². The van der Waals surface area contributed by atoms with Crippen LogP contribution in [0.15, 0.2) is 30.3 Å². The highest BCUT2D eigenvalue weighted by atomic mass is 16.5. The molecule has 1 aromatic carbocycles. The smallest absolute Gasteiger partial charge is 0.0637 e. The second-order valence-electron chi connectivity index (χ2n) is 2.97. The van der Waals surface area contributed by atoms with Crippen LogP contribution in [0, 0.1) is 0 Å².